The van der Waals surface area contributed by atoms with E-state index in [1.807, 2.05) is 13.2 Å². The number of hydrogen-bond donors (Lipinski definition) is 0. The molecule has 0 atom stereocenters. The summed E-state index contributed by atoms with van der Waals surface area (Å²) < 4.78 is 12.5. The Morgan fingerprint density at radius 3 is 2.84 bits per heavy atom. The molecule has 0 spiro atoms. The van der Waals surface area contributed by atoms with Crippen LogP contribution in [-0.4, -0.2) is 23.2 Å². The lowest BCUT2D eigenvalue weighted by molar-refractivity contribution is 0.111. The lowest BCUT2D eigenvalue weighted by atomic mass is 10.2. The summed E-state index contributed by atoms with van der Waals surface area (Å²) in [7, 11) is 3.32. The van der Waals surface area contributed by atoms with Gasteiger partial charge in [-0.2, -0.15) is 5.10 Å². The van der Waals surface area contributed by atoms with E-state index in [0.717, 1.165) is 5.56 Å². The molecular formula is C13H13ClN2O3. The van der Waals surface area contributed by atoms with Crippen LogP contribution in [0.5, 0.6) is 11.5 Å². The number of carbonyl (C=O) groups excluding carboxylic acids is 1. The van der Waals surface area contributed by atoms with Crippen LogP contribution < -0.4 is 9.47 Å². The molecule has 0 aliphatic rings. The van der Waals surface area contributed by atoms with Crippen LogP contribution in [0.3, 0.4) is 0 Å². The van der Waals surface area contributed by atoms with Crippen LogP contribution in [-0.2, 0) is 13.7 Å². The Labute approximate surface area is 115 Å². The largest absolute Gasteiger partial charge is 0.493 e. The van der Waals surface area contributed by atoms with Crippen LogP contribution in [0.4, 0.5) is 0 Å². The van der Waals surface area contributed by atoms with Gasteiger partial charge in [0.15, 0.2) is 17.8 Å². The number of benzene rings is 1. The fourth-order valence-corrected chi connectivity index (χ4v) is 1.90. The van der Waals surface area contributed by atoms with E-state index in [0.29, 0.717) is 35.0 Å². The zero-order valence-electron chi connectivity index (χ0n) is 10.6. The summed E-state index contributed by atoms with van der Waals surface area (Å²) in [4.78, 5) is 11.1. The maximum absolute atomic E-state index is 11.1. The fraction of sp³-hybridized carbons (Fsp3) is 0.231. The average molecular weight is 281 g/mol. The van der Waals surface area contributed by atoms with Crippen molar-refractivity contribution in [2.24, 2.45) is 7.05 Å². The molecule has 0 radical (unpaired) electrons. The van der Waals surface area contributed by atoms with Crippen LogP contribution in [0.1, 0.15) is 15.9 Å². The van der Waals surface area contributed by atoms with Crippen molar-refractivity contribution in [1.29, 1.82) is 0 Å². The van der Waals surface area contributed by atoms with Gasteiger partial charge in [0.25, 0.3) is 0 Å². The highest BCUT2D eigenvalue weighted by molar-refractivity contribution is 6.31. The number of halogens is 1. The second-order valence-corrected chi connectivity index (χ2v) is 4.39. The summed E-state index contributed by atoms with van der Waals surface area (Å²) in [5.41, 5.74) is 1.25. The van der Waals surface area contributed by atoms with Crippen LogP contribution in [0.25, 0.3) is 0 Å². The molecule has 0 fully saturated rings. The summed E-state index contributed by atoms with van der Waals surface area (Å²) in [6, 6.07) is 3.14. The standard InChI is InChI=1S/C13H13ClN2O3/c1-16-6-9(5-15-16)8-19-13-10(7-17)3-11(14)4-12(13)18-2/h3-7H,8H2,1-2H3. The van der Waals surface area contributed by atoms with Gasteiger partial charge in [-0.05, 0) is 6.07 Å². The number of carbonyl (C=O) groups is 1. The number of aldehydes is 1. The SMILES string of the molecule is COc1cc(Cl)cc(C=O)c1OCc1cnn(C)c1. The van der Waals surface area contributed by atoms with Gasteiger partial charge in [-0.3, -0.25) is 9.48 Å². The molecule has 0 amide bonds. The summed E-state index contributed by atoms with van der Waals surface area (Å²) in [6.07, 6.45) is 4.22. The van der Waals surface area contributed by atoms with Gasteiger partial charge in [0.2, 0.25) is 0 Å². The van der Waals surface area contributed by atoms with Crippen LogP contribution in [0.15, 0.2) is 24.5 Å². The molecule has 0 saturated carbocycles. The van der Waals surface area contributed by atoms with E-state index in [9.17, 15) is 4.79 Å². The maximum atomic E-state index is 11.1. The van der Waals surface area contributed by atoms with Crippen molar-refractivity contribution in [3.63, 3.8) is 0 Å². The smallest absolute Gasteiger partial charge is 0.172 e. The van der Waals surface area contributed by atoms with E-state index in [1.165, 1.54) is 13.2 Å². The van der Waals surface area contributed by atoms with Gasteiger partial charge in [0, 0.05) is 29.9 Å². The molecule has 2 rings (SSSR count). The van der Waals surface area contributed by atoms with Crippen molar-refractivity contribution in [1.82, 2.24) is 9.78 Å². The molecular weight excluding hydrogens is 268 g/mol. The molecule has 0 aliphatic heterocycles. The highest BCUT2D eigenvalue weighted by Crippen LogP contribution is 2.34. The molecule has 0 bridgehead atoms. The first kappa shape index (κ1) is 13.4. The molecule has 0 unspecified atom stereocenters. The van der Waals surface area contributed by atoms with Crippen molar-refractivity contribution in [2.75, 3.05) is 7.11 Å². The Hall–Kier alpha value is -2.01. The topological polar surface area (TPSA) is 53.4 Å². The van der Waals surface area contributed by atoms with Crippen molar-refractivity contribution in [2.45, 2.75) is 6.61 Å². The normalized spacial score (nSPS) is 10.3. The van der Waals surface area contributed by atoms with Gasteiger partial charge in [0.1, 0.15) is 6.61 Å². The Kier molecular flexibility index (Phi) is 4.06. The van der Waals surface area contributed by atoms with E-state index >= 15 is 0 Å². The van der Waals surface area contributed by atoms with Gasteiger partial charge in [-0.25, -0.2) is 0 Å². The molecule has 1 aromatic carbocycles. The molecule has 0 N–H and O–H groups in total. The number of nitrogens with zero attached hydrogens (tertiary/aromatic N) is 2. The molecule has 6 heteroatoms. The molecule has 19 heavy (non-hydrogen) atoms. The summed E-state index contributed by atoms with van der Waals surface area (Å²) in [6.45, 7) is 0.298. The van der Waals surface area contributed by atoms with Crippen LogP contribution in [0.2, 0.25) is 5.02 Å². The van der Waals surface area contributed by atoms with Crippen LogP contribution >= 0.6 is 11.6 Å². The molecule has 0 aliphatic carbocycles. The van der Waals surface area contributed by atoms with Crippen molar-refractivity contribution < 1.29 is 14.3 Å². The number of ether oxygens (including phenoxy) is 2. The number of aromatic nitrogens is 2. The monoisotopic (exact) mass is 280 g/mol. The van der Waals surface area contributed by atoms with Crippen molar-refractivity contribution in [3.8, 4) is 11.5 Å². The number of methoxy groups -OCH3 is 1. The van der Waals surface area contributed by atoms with Gasteiger partial charge in [0.05, 0.1) is 18.9 Å². The Morgan fingerprint density at radius 2 is 2.26 bits per heavy atom. The minimum absolute atomic E-state index is 0.298. The van der Waals surface area contributed by atoms with Gasteiger partial charge in [-0.15, -0.1) is 0 Å². The Balaban J connectivity index is 2.25. The Bertz CT molecular complexity index is 596. The molecule has 5 nitrogen and oxygen atoms in total. The third kappa shape index (κ3) is 3.06. The number of rotatable bonds is 5. The van der Waals surface area contributed by atoms with Gasteiger partial charge in [-0.1, -0.05) is 11.6 Å². The minimum atomic E-state index is 0.298. The summed E-state index contributed by atoms with van der Waals surface area (Å²) in [5.74, 6) is 0.809. The Morgan fingerprint density at radius 1 is 1.47 bits per heavy atom. The first-order valence-electron chi connectivity index (χ1n) is 5.57. The third-order valence-electron chi connectivity index (χ3n) is 2.54. The lowest BCUT2D eigenvalue weighted by Gasteiger charge is -2.12. The van der Waals surface area contributed by atoms with E-state index in [1.54, 1.807) is 16.9 Å². The van der Waals surface area contributed by atoms with Crippen molar-refractivity contribution in [3.05, 3.63) is 40.7 Å². The average Bonchev–Trinajstić information content (AvgIpc) is 2.81. The molecule has 0 saturated heterocycles. The maximum Gasteiger partial charge on any atom is 0.172 e. The molecule has 1 aromatic heterocycles. The second-order valence-electron chi connectivity index (χ2n) is 3.96. The summed E-state index contributed by atoms with van der Waals surface area (Å²) >= 11 is 5.89. The molecule has 1 heterocycles. The second kappa shape index (κ2) is 5.75. The van der Waals surface area contributed by atoms with E-state index < -0.39 is 0 Å². The van der Waals surface area contributed by atoms with Crippen molar-refractivity contribution >= 4 is 17.9 Å². The highest BCUT2D eigenvalue weighted by atomic mass is 35.5. The highest BCUT2D eigenvalue weighted by Gasteiger charge is 2.13. The van der Waals surface area contributed by atoms with Gasteiger partial charge < -0.3 is 9.47 Å². The first-order chi connectivity index (χ1) is 9.13. The zero-order chi connectivity index (χ0) is 13.8. The number of aryl methyl sites for hydroxylation is 1. The molecule has 2 aromatic rings. The van der Waals surface area contributed by atoms with E-state index in [4.69, 9.17) is 21.1 Å². The predicted octanol–water partition coefficient (Wildman–Crippen LogP) is 2.47. The molecule has 100 valence electrons. The van der Waals surface area contributed by atoms with Crippen LogP contribution in [0, 0.1) is 0 Å². The predicted molar refractivity (Wildman–Crippen MR) is 70.9 cm³/mol. The van der Waals surface area contributed by atoms with Gasteiger partial charge >= 0.3 is 0 Å². The zero-order valence-corrected chi connectivity index (χ0v) is 11.3. The third-order valence-corrected chi connectivity index (χ3v) is 2.75. The lowest BCUT2D eigenvalue weighted by Crippen LogP contribution is -2.00. The summed E-state index contributed by atoms with van der Waals surface area (Å²) in [5, 5.41) is 4.47. The first-order valence-corrected chi connectivity index (χ1v) is 5.95. The fourth-order valence-electron chi connectivity index (χ4n) is 1.68. The van der Waals surface area contributed by atoms with E-state index in [2.05, 4.69) is 5.10 Å². The number of hydrogen-bond acceptors (Lipinski definition) is 4. The minimum Gasteiger partial charge on any atom is -0.493 e. The van der Waals surface area contributed by atoms with E-state index in [-0.39, 0.29) is 0 Å². The quantitative estimate of drug-likeness (QED) is 0.790.